The molecule has 29 heavy (non-hydrogen) atoms. The fourth-order valence-electron chi connectivity index (χ4n) is 3.97. The fourth-order valence-corrected chi connectivity index (χ4v) is 4.79. The highest BCUT2D eigenvalue weighted by molar-refractivity contribution is 7.13. The largest absolute Gasteiger partial charge is 0.322 e. The molecule has 1 saturated heterocycles. The first-order chi connectivity index (χ1) is 14.1. The van der Waals surface area contributed by atoms with Crippen molar-refractivity contribution in [2.75, 3.05) is 0 Å². The van der Waals surface area contributed by atoms with Crippen LogP contribution in [0.15, 0.2) is 54.0 Å². The van der Waals surface area contributed by atoms with Crippen molar-refractivity contribution in [3.05, 3.63) is 65.2 Å². The summed E-state index contributed by atoms with van der Waals surface area (Å²) in [6.45, 7) is 0.360. The number of carbonyl (C=O) groups is 3. The molecular weight excluding hydrogens is 386 g/mol. The van der Waals surface area contributed by atoms with Gasteiger partial charge in [-0.15, -0.1) is 11.3 Å². The Bertz CT molecular complexity index is 1140. The van der Waals surface area contributed by atoms with Gasteiger partial charge in [-0.1, -0.05) is 36.4 Å². The molecule has 1 atom stereocenters. The lowest BCUT2D eigenvalue weighted by molar-refractivity contribution is -0.136. The molecule has 3 amide bonds. The minimum atomic E-state index is -0.602. The minimum Gasteiger partial charge on any atom is -0.322 e. The maximum atomic E-state index is 12.9. The van der Waals surface area contributed by atoms with Crippen molar-refractivity contribution < 1.29 is 14.4 Å². The standard InChI is InChI=1S/C22H17N3O3S/c26-18-9-8-17(21(27)24-18)25-11-15-10-14(6-7-16(15)22(25)28)19-20(29-12-23-19)13-4-2-1-3-5-13/h1-7,10,12,17H,8-9,11H2,(H,24,26,27). The summed E-state index contributed by atoms with van der Waals surface area (Å²) in [6, 6.07) is 15.2. The van der Waals surface area contributed by atoms with Crippen molar-refractivity contribution in [3.8, 4) is 21.7 Å². The number of hydrogen-bond donors (Lipinski definition) is 1. The molecule has 1 unspecified atom stereocenters. The highest BCUT2D eigenvalue weighted by Crippen LogP contribution is 2.37. The topological polar surface area (TPSA) is 79.4 Å². The van der Waals surface area contributed by atoms with Crippen molar-refractivity contribution in [1.29, 1.82) is 0 Å². The van der Waals surface area contributed by atoms with Crippen LogP contribution in [0.25, 0.3) is 21.7 Å². The van der Waals surface area contributed by atoms with Crippen LogP contribution < -0.4 is 5.32 Å². The zero-order valence-electron chi connectivity index (χ0n) is 15.4. The Labute approximate surface area is 171 Å². The molecule has 2 aliphatic heterocycles. The Morgan fingerprint density at radius 2 is 1.86 bits per heavy atom. The summed E-state index contributed by atoms with van der Waals surface area (Å²) in [5.74, 6) is -0.842. The second kappa shape index (κ2) is 6.93. The summed E-state index contributed by atoms with van der Waals surface area (Å²) < 4.78 is 0. The molecule has 0 aliphatic carbocycles. The highest BCUT2D eigenvalue weighted by atomic mass is 32.1. The number of thiazole rings is 1. The van der Waals surface area contributed by atoms with E-state index in [4.69, 9.17) is 0 Å². The number of benzene rings is 2. The highest BCUT2D eigenvalue weighted by Gasteiger charge is 2.39. The molecule has 2 aromatic carbocycles. The van der Waals surface area contributed by atoms with E-state index in [0.717, 1.165) is 27.3 Å². The van der Waals surface area contributed by atoms with E-state index in [0.29, 0.717) is 18.5 Å². The van der Waals surface area contributed by atoms with Gasteiger partial charge in [-0.2, -0.15) is 0 Å². The molecule has 0 bridgehead atoms. The zero-order chi connectivity index (χ0) is 20.0. The molecule has 144 valence electrons. The number of rotatable bonds is 3. The quantitative estimate of drug-likeness (QED) is 0.681. The van der Waals surface area contributed by atoms with Gasteiger partial charge >= 0.3 is 0 Å². The predicted molar refractivity (Wildman–Crippen MR) is 109 cm³/mol. The number of aromatic nitrogens is 1. The third-order valence-corrected chi connectivity index (χ3v) is 6.28. The normalized spacial score (nSPS) is 18.7. The maximum Gasteiger partial charge on any atom is 0.255 e. The van der Waals surface area contributed by atoms with Crippen LogP contribution in [0.2, 0.25) is 0 Å². The van der Waals surface area contributed by atoms with Gasteiger partial charge in [-0.25, -0.2) is 4.98 Å². The second-order valence-electron chi connectivity index (χ2n) is 7.17. The first kappa shape index (κ1) is 17.8. The second-order valence-corrected chi connectivity index (χ2v) is 8.02. The summed E-state index contributed by atoms with van der Waals surface area (Å²) in [5.41, 5.74) is 6.25. The molecule has 3 aromatic rings. The molecule has 0 radical (unpaired) electrons. The van der Waals surface area contributed by atoms with Gasteiger partial charge in [-0.3, -0.25) is 19.7 Å². The smallest absolute Gasteiger partial charge is 0.255 e. The van der Waals surface area contributed by atoms with Crippen molar-refractivity contribution in [3.63, 3.8) is 0 Å². The van der Waals surface area contributed by atoms with Crippen LogP contribution in [0.5, 0.6) is 0 Å². The van der Waals surface area contributed by atoms with Gasteiger partial charge in [0.2, 0.25) is 11.8 Å². The van der Waals surface area contributed by atoms with E-state index in [1.165, 1.54) is 0 Å². The number of amides is 3. The molecule has 1 N–H and O–H groups in total. The lowest BCUT2D eigenvalue weighted by Crippen LogP contribution is -2.52. The summed E-state index contributed by atoms with van der Waals surface area (Å²) >= 11 is 1.58. The van der Waals surface area contributed by atoms with E-state index in [1.807, 2.05) is 41.9 Å². The van der Waals surface area contributed by atoms with Crippen molar-refractivity contribution in [2.45, 2.75) is 25.4 Å². The van der Waals surface area contributed by atoms with E-state index in [-0.39, 0.29) is 18.2 Å². The number of fused-ring (bicyclic) bond motifs is 1. The predicted octanol–water partition coefficient (Wildman–Crippen LogP) is 3.24. The zero-order valence-corrected chi connectivity index (χ0v) is 16.2. The van der Waals surface area contributed by atoms with Gasteiger partial charge in [0.15, 0.2) is 0 Å². The Morgan fingerprint density at radius 3 is 2.66 bits per heavy atom. The number of carbonyl (C=O) groups excluding carboxylic acids is 3. The first-order valence-corrected chi connectivity index (χ1v) is 10.3. The van der Waals surface area contributed by atoms with Gasteiger partial charge in [0.25, 0.3) is 5.91 Å². The Kier molecular flexibility index (Phi) is 4.24. The van der Waals surface area contributed by atoms with Gasteiger partial charge in [0, 0.05) is 24.1 Å². The van der Waals surface area contributed by atoms with Gasteiger partial charge in [0.1, 0.15) is 6.04 Å². The molecule has 2 aliphatic rings. The monoisotopic (exact) mass is 403 g/mol. The molecule has 0 spiro atoms. The van der Waals surface area contributed by atoms with Crippen LogP contribution in [0.3, 0.4) is 0 Å². The molecule has 1 aromatic heterocycles. The van der Waals surface area contributed by atoms with Crippen LogP contribution in [0.1, 0.15) is 28.8 Å². The Morgan fingerprint density at radius 1 is 1.03 bits per heavy atom. The number of hydrogen-bond acceptors (Lipinski definition) is 5. The third-order valence-electron chi connectivity index (χ3n) is 5.40. The van der Waals surface area contributed by atoms with Crippen LogP contribution in [0.4, 0.5) is 0 Å². The molecule has 5 rings (SSSR count). The minimum absolute atomic E-state index is 0.164. The Balaban J connectivity index is 1.47. The first-order valence-electron chi connectivity index (χ1n) is 9.38. The van der Waals surface area contributed by atoms with E-state index < -0.39 is 11.9 Å². The summed E-state index contributed by atoms with van der Waals surface area (Å²) in [4.78, 5) is 43.7. The van der Waals surface area contributed by atoms with Crippen molar-refractivity contribution in [1.82, 2.24) is 15.2 Å². The van der Waals surface area contributed by atoms with Crippen LogP contribution in [0, 0.1) is 0 Å². The van der Waals surface area contributed by atoms with Gasteiger partial charge in [0.05, 0.1) is 16.1 Å². The summed E-state index contributed by atoms with van der Waals surface area (Å²) in [6.07, 6.45) is 0.614. The number of imide groups is 1. The fraction of sp³-hybridized carbons (Fsp3) is 0.182. The van der Waals surface area contributed by atoms with E-state index >= 15 is 0 Å². The molecule has 1 fully saturated rings. The maximum absolute atomic E-state index is 12.9. The number of piperidine rings is 1. The average molecular weight is 403 g/mol. The molecule has 3 heterocycles. The van der Waals surface area contributed by atoms with E-state index in [2.05, 4.69) is 22.4 Å². The Hall–Kier alpha value is -3.32. The van der Waals surface area contributed by atoms with Crippen LogP contribution >= 0.6 is 11.3 Å². The van der Waals surface area contributed by atoms with Gasteiger partial charge in [-0.05, 0) is 29.7 Å². The molecule has 7 heteroatoms. The molecule has 0 saturated carbocycles. The summed E-state index contributed by atoms with van der Waals surface area (Å²) in [5, 5.41) is 2.33. The SMILES string of the molecule is O=C1CCC(N2Cc3cc(-c4ncsc4-c4ccccc4)ccc3C2=O)C(=O)N1. The molecule has 6 nitrogen and oxygen atoms in total. The van der Waals surface area contributed by atoms with Crippen molar-refractivity contribution >= 4 is 29.1 Å². The van der Waals surface area contributed by atoms with E-state index in [9.17, 15) is 14.4 Å². The van der Waals surface area contributed by atoms with Crippen molar-refractivity contribution in [2.24, 2.45) is 0 Å². The lowest BCUT2D eigenvalue weighted by Gasteiger charge is -2.29. The number of nitrogens with zero attached hydrogens (tertiary/aromatic N) is 2. The van der Waals surface area contributed by atoms with E-state index in [1.54, 1.807) is 16.2 Å². The molecular formula is C22H17N3O3S. The lowest BCUT2D eigenvalue weighted by atomic mass is 10.0. The van der Waals surface area contributed by atoms with Crippen LogP contribution in [-0.4, -0.2) is 33.6 Å². The van der Waals surface area contributed by atoms with Crippen LogP contribution in [-0.2, 0) is 16.1 Å². The van der Waals surface area contributed by atoms with Gasteiger partial charge < -0.3 is 4.90 Å². The third kappa shape index (κ3) is 3.03. The average Bonchev–Trinajstić information content (AvgIpc) is 3.34. The summed E-state index contributed by atoms with van der Waals surface area (Å²) in [7, 11) is 0. The number of nitrogens with one attached hydrogen (secondary N) is 1.